The van der Waals surface area contributed by atoms with Gasteiger partial charge >= 0.3 is 5.97 Å². The van der Waals surface area contributed by atoms with Crippen LogP contribution in [0.3, 0.4) is 0 Å². The van der Waals surface area contributed by atoms with Gasteiger partial charge in [0.1, 0.15) is 5.60 Å². The molecule has 0 radical (unpaired) electrons. The molecule has 20 heavy (non-hydrogen) atoms. The molecule has 1 N–H and O–H groups in total. The van der Waals surface area contributed by atoms with E-state index in [0.29, 0.717) is 24.0 Å². The van der Waals surface area contributed by atoms with Crippen LogP contribution in [0.1, 0.15) is 49.5 Å². The minimum Gasteiger partial charge on any atom is -0.456 e. The summed E-state index contributed by atoms with van der Waals surface area (Å²) in [4.78, 5) is 12.2. The van der Waals surface area contributed by atoms with Crippen LogP contribution in [0.25, 0.3) is 0 Å². The van der Waals surface area contributed by atoms with E-state index in [2.05, 4.69) is 0 Å². The fourth-order valence-electron chi connectivity index (χ4n) is 2.50. The molecule has 1 saturated carbocycles. The number of aliphatic hydroxyl groups is 1. The van der Waals surface area contributed by atoms with E-state index >= 15 is 0 Å². The smallest absolute Gasteiger partial charge is 0.338 e. The van der Waals surface area contributed by atoms with Gasteiger partial charge in [0.2, 0.25) is 0 Å². The highest BCUT2D eigenvalue weighted by atomic mass is 16.6. The van der Waals surface area contributed by atoms with Gasteiger partial charge in [-0.25, -0.2) is 4.79 Å². The van der Waals surface area contributed by atoms with Crippen LogP contribution in [0.5, 0.6) is 0 Å². The number of carbonyl (C=O) groups excluding carboxylic acids is 1. The number of aryl methyl sites for hydroxylation is 1. The van der Waals surface area contributed by atoms with E-state index in [1.54, 1.807) is 0 Å². The third-order valence-corrected chi connectivity index (χ3v) is 3.72. The maximum Gasteiger partial charge on any atom is 0.338 e. The van der Waals surface area contributed by atoms with Crippen molar-refractivity contribution in [1.82, 2.24) is 0 Å². The number of carbonyl (C=O) groups is 1. The Hall–Kier alpha value is -1.35. The minimum absolute atomic E-state index is 0.248. The van der Waals surface area contributed by atoms with E-state index in [0.717, 1.165) is 24.8 Å². The summed E-state index contributed by atoms with van der Waals surface area (Å²) in [7, 11) is 0. The standard InChI is InChI=1S/C17H24O3/c1-17(2,3)20-16(19)15-7-5-4-6-12(15)8-9-13-10-14(13)11-18/h4-7,13-14,18H,8-11H2,1-3H3/t13-,14+/m0/s1. The molecule has 1 fully saturated rings. The number of ether oxygens (including phenoxy) is 1. The van der Waals surface area contributed by atoms with E-state index in [9.17, 15) is 4.79 Å². The van der Waals surface area contributed by atoms with Gasteiger partial charge in [-0.2, -0.15) is 0 Å². The second-order valence-electron chi connectivity index (χ2n) is 6.64. The maximum absolute atomic E-state index is 12.2. The van der Waals surface area contributed by atoms with Gasteiger partial charge in [-0.15, -0.1) is 0 Å². The topological polar surface area (TPSA) is 46.5 Å². The lowest BCUT2D eigenvalue weighted by molar-refractivity contribution is 0.00683. The summed E-state index contributed by atoms with van der Waals surface area (Å²) in [6.07, 6.45) is 3.02. The first-order chi connectivity index (χ1) is 9.40. The molecule has 0 unspecified atom stereocenters. The highest BCUT2D eigenvalue weighted by molar-refractivity contribution is 5.91. The summed E-state index contributed by atoms with van der Waals surface area (Å²) in [5.74, 6) is 0.845. The summed E-state index contributed by atoms with van der Waals surface area (Å²) in [6.45, 7) is 5.93. The van der Waals surface area contributed by atoms with E-state index in [1.807, 2.05) is 45.0 Å². The fraction of sp³-hybridized carbons (Fsp3) is 0.588. The summed E-state index contributed by atoms with van der Waals surface area (Å²) < 4.78 is 5.45. The van der Waals surface area contributed by atoms with E-state index in [4.69, 9.17) is 9.84 Å². The predicted octanol–water partition coefficient (Wildman–Crippen LogP) is 3.20. The van der Waals surface area contributed by atoms with Gasteiger partial charge in [-0.3, -0.25) is 0 Å². The maximum atomic E-state index is 12.2. The number of hydrogen-bond donors (Lipinski definition) is 1. The van der Waals surface area contributed by atoms with Crippen LogP contribution in [-0.4, -0.2) is 23.3 Å². The third kappa shape index (κ3) is 4.07. The molecule has 0 spiro atoms. The van der Waals surface area contributed by atoms with Crippen molar-refractivity contribution in [3.63, 3.8) is 0 Å². The highest BCUT2D eigenvalue weighted by Crippen LogP contribution is 2.41. The molecule has 1 aromatic carbocycles. The van der Waals surface area contributed by atoms with Crippen LogP contribution >= 0.6 is 0 Å². The van der Waals surface area contributed by atoms with Gasteiger partial charge in [-0.1, -0.05) is 18.2 Å². The van der Waals surface area contributed by atoms with Crippen molar-refractivity contribution in [2.24, 2.45) is 11.8 Å². The van der Waals surface area contributed by atoms with Crippen molar-refractivity contribution in [3.8, 4) is 0 Å². The number of esters is 1. The van der Waals surface area contributed by atoms with Gasteiger partial charge in [-0.05, 0) is 63.5 Å². The third-order valence-electron chi connectivity index (χ3n) is 3.72. The molecular formula is C17H24O3. The highest BCUT2D eigenvalue weighted by Gasteiger charge is 2.35. The number of benzene rings is 1. The fourth-order valence-corrected chi connectivity index (χ4v) is 2.50. The first-order valence-electron chi connectivity index (χ1n) is 7.33. The van der Waals surface area contributed by atoms with Crippen molar-refractivity contribution in [2.45, 2.75) is 45.6 Å². The Labute approximate surface area is 121 Å². The van der Waals surface area contributed by atoms with Crippen molar-refractivity contribution in [1.29, 1.82) is 0 Å². The quantitative estimate of drug-likeness (QED) is 0.840. The normalized spacial score (nSPS) is 21.6. The van der Waals surface area contributed by atoms with E-state index in [1.165, 1.54) is 0 Å². The Bertz CT molecular complexity index is 473. The van der Waals surface area contributed by atoms with Gasteiger partial charge in [0.25, 0.3) is 0 Å². The van der Waals surface area contributed by atoms with Crippen LogP contribution < -0.4 is 0 Å². The van der Waals surface area contributed by atoms with Crippen LogP contribution in [0, 0.1) is 11.8 Å². The molecule has 0 amide bonds. The molecule has 0 saturated heterocycles. The van der Waals surface area contributed by atoms with Crippen LogP contribution in [0.15, 0.2) is 24.3 Å². The van der Waals surface area contributed by atoms with Crippen molar-refractivity contribution in [2.75, 3.05) is 6.61 Å². The van der Waals surface area contributed by atoms with E-state index in [-0.39, 0.29) is 5.97 Å². The molecule has 2 rings (SSSR count). The molecule has 3 nitrogen and oxygen atoms in total. The molecule has 0 bridgehead atoms. The lowest BCUT2D eigenvalue weighted by Gasteiger charge is -2.20. The largest absolute Gasteiger partial charge is 0.456 e. The Morgan fingerprint density at radius 3 is 2.60 bits per heavy atom. The molecule has 1 aliphatic rings. The lowest BCUT2D eigenvalue weighted by Crippen LogP contribution is -2.24. The van der Waals surface area contributed by atoms with Gasteiger partial charge in [0.15, 0.2) is 0 Å². The summed E-state index contributed by atoms with van der Waals surface area (Å²) in [6, 6.07) is 7.66. The second-order valence-corrected chi connectivity index (χ2v) is 6.64. The predicted molar refractivity (Wildman–Crippen MR) is 78.6 cm³/mol. The summed E-state index contributed by atoms with van der Waals surface area (Å²) in [5, 5.41) is 9.07. The monoisotopic (exact) mass is 276 g/mol. The Balaban J connectivity index is 2.00. The molecule has 2 atom stereocenters. The average Bonchev–Trinajstić information content (AvgIpc) is 3.13. The van der Waals surface area contributed by atoms with Crippen molar-refractivity contribution < 1.29 is 14.6 Å². The first kappa shape index (κ1) is 15.0. The molecule has 1 aliphatic carbocycles. The molecular weight excluding hydrogens is 252 g/mol. The summed E-state index contributed by atoms with van der Waals surface area (Å²) in [5.41, 5.74) is 1.25. The van der Waals surface area contributed by atoms with E-state index < -0.39 is 5.60 Å². The average molecular weight is 276 g/mol. The molecule has 0 aromatic heterocycles. The SMILES string of the molecule is CC(C)(C)OC(=O)c1ccccc1CC[C@H]1C[C@@H]1CO. The Morgan fingerprint density at radius 2 is 2.00 bits per heavy atom. The molecule has 1 aromatic rings. The molecule has 0 aliphatic heterocycles. The molecule has 0 heterocycles. The number of rotatable bonds is 5. The summed E-state index contributed by atoms with van der Waals surface area (Å²) >= 11 is 0. The van der Waals surface area contributed by atoms with Crippen LogP contribution in [-0.2, 0) is 11.2 Å². The van der Waals surface area contributed by atoms with Gasteiger partial charge in [0, 0.05) is 6.61 Å². The number of aliphatic hydroxyl groups excluding tert-OH is 1. The minimum atomic E-state index is -0.470. The zero-order valence-corrected chi connectivity index (χ0v) is 12.6. The second kappa shape index (κ2) is 5.96. The zero-order chi connectivity index (χ0) is 14.8. The van der Waals surface area contributed by atoms with Crippen molar-refractivity contribution >= 4 is 5.97 Å². The zero-order valence-electron chi connectivity index (χ0n) is 12.6. The molecule has 3 heteroatoms. The van der Waals surface area contributed by atoms with Crippen molar-refractivity contribution in [3.05, 3.63) is 35.4 Å². The lowest BCUT2D eigenvalue weighted by atomic mass is 10.0. The van der Waals surface area contributed by atoms with Crippen LogP contribution in [0.4, 0.5) is 0 Å². The first-order valence-corrected chi connectivity index (χ1v) is 7.33. The Kier molecular flexibility index (Phi) is 4.48. The molecule has 110 valence electrons. The van der Waals surface area contributed by atoms with Crippen LogP contribution in [0.2, 0.25) is 0 Å². The Morgan fingerprint density at radius 1 is 1.30 bits per heavy atom. The number of hydrogen-bond acceptors (Lipinski definition) is 3. The van der Waals surface area contributed by atoms with Gasteiger partial charge < -0.3 is 9.84 Å². The van der Waals surface area contributed by atoms with Gasteiger partial charge in [0.05, 0.1) is 5.56 Å².